The Morgan fingerprint density at radius 2 is 1.77 bits per heavy atom. The summed E-state index contributed by atoms with van der Waals surface area (Å²) in [5.74, 6) is 0. The molecule has 76 valence electrons. The number of rotatable bonds is 2. The topological polar surface area (TPSA) is 55.4 Å². The van der Waals surface area contributed by atoms with Gasteiger partial charge in [0.15, 0.2) is 0 Å². The molecule has 0 saturated carbocycles. The van der Waals surface area contributed by atoms with E-state index in [2.05, 4.69) is 5.32 Å². The molecule has 2 aliphatic heterocycles. The van der Waals surface area contributed by atoms with Gasteiger partial charge in [0.05, 0.1) is 12.4 Å². The Kier molecular flexibility index (Phi) is 2.33. The minimum absolute atomic E-state index is 0.0891. The summed E-state index contributed by atoms with van der Waals surface area (Å²) in [5.41, 5.74) is 0. The predicted octanol–water partition coefficient (Wildman–Crippen LogP) is 0.246. The maximum Gasteiger partial charge on any atom is 0.264 e. The number of hydrogen-bond acceptors (Lipinski definition) is 4. The van der Waals surface area contributed by atoms with Crippen LogP contribution in [0.2, 0.25) is 0 Å². The molecule has 2 aliphatic rings. The molecule has 2 heterocycles. The van der Waals surface area contributed by atoms with Gasteiger partial charge in [-0.1, -0.05) is 0 Å². The lowest BCUT2D eigenvalue weighted by Gasteiger charge is -2.27. The first kappa shape index (κ1) is 9.43. The van der Waals surface area contributed by atoms with Crippen LogP contribution in [-0.4, -0.2) is 32.9 Å². The molecule has 2 bridgehead atoms. The van der Waals surface area contributed by atoms with Crippen molar-refractivity contribution >= 4 is 10.1 Å². The van der Waals surface area contributed by atoms with Gasteiger partial charge in [-0.25, -0.2) is 0 Å². The zero-order valence-electron chi connectivity index (χ0n) is 7.69. The molecule has 0 aromatic rings. The maximum absolute atomic E-state index is 10.9. The fraction of sp³-hybridized carbons (Fsp3) is 1.00. The standard InChI is InChI=1S/C8H15NO3S/c1-13(10,11)12-8-4-6-2-3-7(5-8)9-6/h6-9H,2-5H2,1H3/t6-,7+,8?. The van der Waals surface area contributed by atoms with E-state index < -0.39 is 10.1 Å². The predicted molar refractivity (Wildman–Crippen MR) is 48.9 cm³/mol. The van der Waals surface area contributed by atoms with E-state index in [1.165, 1.54) is 0 Å². The van der Waals surface area contributed by atoms with Gasteiger partial charge in [-0.05, 0) is 25.7 Å². The molecule has 2 rings (SSSR count). The van der Waals surface area contributed by atoms with Gasteiger partial charge in [0, 0.05) is 12.1 Å². The lowest BCUT2D eigenvalue weighted by molar-refractivity contribution is 0.145. The maximum atomic E-state index is 10.9. The highest BCUT2D eigenvalue weighted by molar-refractivity contribution is 7.86. The largest absolute Gasteiger partial charge is 0.311 e. The Labute approximate surface area is 78.8 Å². The monoisotopic (exact) mass is 205 g/mol. The van der Waals surface area contributed by atoms with Crippen LogP contribution in [0.15, 0.2) is 0 Å². The van der Waals surface area contributed by atoms with Crippen molar-refractivity contribution in [3.05, 3.63) is 0 Å². The average Bonchev–Trinajstić information content (AvgIpc) is 2.27. The van der Waals surface area contributed by atoms with Gasteiger partial charge in [0.1, 0.15) is 0 Å². The van der Waals surface area contributed by atoms with Crippen molar-refractivity contribution in [1.82, 2.24) is 5.32 Å². The zero-order valence-corrected chi connectivity index (χ0v) is 8.51. The van der Waals surface area contributed by atoms with Crippen molar-refractivity contribution in [2.45, 2.75) is 43.9 Å². The molecule has 0 aliphatic carbocycles. The second kappa shape index (κ2) is 3.22. The van der Waals surface area contributed by atoms with Crippen LogP contribution < -0.4 is 5.32 Å². The Morgan fingerprint density at radius 1 is 1.23 bits per heavy atom. The summed E-state index contributed by atoms with van der Waals surface area (Å²) < 4.78 is 26.8. The fourth-order valence-electron chi connectivity index (χ4n) is 2.33. The van der Waals surface area contributed by atoms with Crippen LogP contribution in [0.4, 0.5) is 0 Å². The minimum Gasteiger partial charge on any atom is -0.311 e. The van der Waals surface area contributed by atoms with Crippen LogP contribution >= 0.6 is 0 Å². The van der Waals surface area contributed by atoms with Crippen molar-refractivity contribution in [3.63, 3.8) is 0 Å². The third-order valence-corrected chi connectivity index (χ3v) is 3.36. The van der Waals surface area contributed by atoms with Crippen LogP contribution in [0.3, 0.4) is 0 Å². The number of nitrogens with one attached hydrogen (secondary N) is 1. The van der Waals surface area contributed by atoms with E-state index in [0.717, 1.165) is 31.9 Å². The first-order valence-corrected chi connectivity index (χ1v) is 6.49. The summed E-state index contributed by atoms with van der Waals surface area (Å²) >= 11 is 0. The van der Waals surface area contributed by atoms with Crippen LogP contribution in [0.25, 0.3) is 0 Å². The van der Waals surface area contributed by atoms with E-state index in [0.29, 0.717) is 12.1 Å². The van der Waals surface area contributed by atoms with E-state index >= 15 is 0 Å². The van der Waals surface area contributed by atoms with Crippen molar-refractivity contribution in [3.8, 4) is 0 Å². The zero-order chi connectivity index (χ0) is 9.47. The molecule has 2 fully saturated rings. The molecule has 1 N–H and O–H groups in total. The van der Waals surface area contributed by atoms with Gasteiger partial charge in [-0.2, -0.15) is 8.42 Å². The van der Waals surface area contributed by atoms with E-state index in [4.69, 9.17) is 4.18 Å². The quantitative estimate of drug-likeness (QED) is 0.656. The van der Waals surface area contributed by atoms with Gasteiger partial charge < -0.3 is 5.32 Å². The molecule has 0 aromatic heterocycles. The third-order valence-electron chi connectivity index (χ3n) is 2.74. The van der Waals surface area contributed by atoms with Crippen molar-refractivity contribution in [1.29, 1.82) is 0 Å². The first-order chi connectivity index (χ1) is 6.03. The van der Waals surface area contributed by atoms with Crippen LogP contribution in [0, 0.1) is 0 Å². The van der Waals surface area contributed by atoms with Gasteiger partial charge in [0.25, 0.3) is 10.1 Å². The molecule has 2 saturated heterocycles. The van der Waals surface area contributed by atoms with Crippen molar-refractivity contribution in [2.24, 2.45) is 0 Å². The third kappa shape index (κ3) is 2.42. The molecular weight excluding hydrogens is 190 g/mol. The number of hydrogen-bond donors (Lipinski definition) is 1. The molecule has 0 aromatic carbocycles. The van der Waals surface area contributed by atoms with Gasteiger partial charge in [-0.15, -0.1) is 0 Å². The van der Waals surface area contributed by atoms with Gasteiger partial charge >= 0.3 is 0 Å². The summed E-state index contributed by atoms with van der Waals surface area (Å²) in [7, 11) is -3.27. The summed E-state index contributed by atoms with van der Waals surface area (Å²) in [5, 5.41) is 3.43. The molecule has 5 heteroatoms. The lowest BCUT2D eigenvalue weighted by Crippen LogP contribution is -2.41. The summed E-state index contributed by atoms with van der Waals surface area (Å²) in [6.07, 6.45) is 5.03. The Balaban J connectivity index is 1.96. The second-order valence-corrected chi connectivity index (χ2v) is 5.63. The highest BCUT2D eigenvalue weighted by Crippen LogP contribution is 2.28. The molecule has 4 nitrogen and oxygen atoms in total. The summed E-state index contributed by atoms with van der Waals surface area (Å²) in [6.45, 7) is 0. The Morgan fingerprint density at radius 3 is 2.23 bits per heavy atom. The van der Waals surface area contributed by atoms with Gasteiger partial charge in [-0.3, -0.25) is 4.18 Å². The molecule has 1 unspecified atom stereocenters. The Hall–Kier alpha value is -0.130. The van der Waals surface area contributed by atoms with E-state index in [1.807, 2.05) is 0 Å². The van der Waals surface area contributed by atoms with E-state index in [1.54, 1.807) is 0 Å². The molecular formula is C8H15NO3S. The smallest absolute Gasteiger partial charge is 0.264 e. The lowest BCUT2D eigenvalue weighted by atomic mass is 10.0. The molecule has 0 amide bonds. The van der Waals surface area contributed by atoms with Crippen LogP contribution in [-0.2, 0) is 14.3 Å². The molecule has 0 radical (unpaired) electrons. The van der Waals surface area contributed by atoms with Gasteiger partial charge in [0.2, 0.25) is 0 Å². The normalized spacial score (nSPS) is 39.3. The molecule has 13 heavy (non-hydrogen) atoms. The van der Waals surface area contributed by atoms with Crippen molar-refractivity contribution < 1.29 is 12.6 Å². The van der Waals surface area contributed by atoms with E-state index in [-0.39, 0.29) is 6.10 Å². The van der Waals surface area contributed by atoms with E-state index in [9.17, 15) is 8.42 Å². The van der Waals surface area contributed by atoms with Crippen molar-refractivity contribution in [2.75, 3.05) is 6.26 Å². The van der Waals surface area contributed by atoms with Crippen LogP contribution in [0.5, 0.6) is 0 Å². The fourth-order valence-corrected chi connectivity index (χ4v) is 2.98. The highest BCUT2D eigenvalue weighted by atomic mass is 32.2. The van der Waals surface area contributed by atoms with Crippen LogP contribution in [0.1, 0.15) is 25.7 Å². The number of piperidine rings is 1. The first-order valence-electron chi connectivity index (χ1n) is 4.67. The SMILES string of the molecule is CS(=O)(=O)OC1C[C@H]2CC[C@@H](C1)N2. The Bertz CT molecular complexity index is 276. The minimum atomic E-state index is -3.27. The number of fused-ring (bicyclic) bond motifs is 2. The molecule has 3 atom stereocenters. The summed E-state index contributed by atoms with van der Waals surface area (Å²) in [4.78, 5) is 0. The highest BCUT2D eigenvalue weighted by Gasteiger charge is 2.35. The second-order valence-electron chi connectivity index (χ2n) is 4.03. The molecule has 0 spiro atoms. The average molecular weight is 205 g/mol. The summed E-state index contributed by atoms with van der Waals surface area (Å²) in [6, 6.07) is 0.955.